The molecule has 4 rings (SSSR count). The lowest BCUT2D eigenvalue weighted by Crippen LogP contribution is -2.28. The lowest BCUT2D eigenvalue weighted by atomic mass is 10.0. The van der Waals surface area contributed by atoms with Gasteiger partial charge in [-0.05, 0) is 35.7 Å². The van der Waals surface area contributed by atoms with Crippen molar-refractivity contribution in [2.75, 3.05) is 23.9 Å². The summed E-state index contributed by atoms with van der Waals surface area (Å²) in [7, 11) is 1.59. The quantitative estimate of drug-likeness (QED) is 0.672. The van der Waals surface area contributed by atoms with E-state index in [1.807, 2.05) is 66.7 Å². The Hall–Kier alpha value is -3.60. The molecule has 1 aliphatic heterocycles. The number of ether oxygens (including phenoxy) is 1. The molecule has 1 atom stereocenters. The number of carbonyl (C=O) groups excluding carboxylic acids is 2. The number of para-hydroxylation sites is 1. The molecule has 152 valence electrons. The van der Waals surface area contributed by atoms with Crippen molar-refractivity contribution in [2.45, 2.75) is 12.8 Å². The Morgan fingerprint density at radius 1 is 1.03 bits per heavy atom. The first-order valence-electron chi connectivity index (χ1n) is 10.0. The molecule has 0 saturated carbocycles. The second kappa shape index (κ2) is 8.82. The van der Waals surface area contributed by atoms with Gasteiger partial charge in [-0.25, -0.2) is 0 Å². The number of amides is 2. The molecule has 1 heterocycles. The van der Waals surface area contributed by atoms with Crippen molar-refractivity contribution in [3.63, 3.8) is 0 Å². The van der Waals surface area contributed by atoms with E-state index in [9.17, 15) is 9.59 Å². The van der Waals surface area contributed by atoms with Crippen LogP contribution in [0.4, 0.5) is 11.4 Å². The molecule has 5 heteroatoms. The second-order valence-corrected chi connectivity index (χ2v) is 7.42. The lowest BCUT2D eigenvalue weighted by Gasteiger charge is -2.18. The molecule has 5 nitrogen and oxygen atoms in total. The van der Waals surface area contributed by atoms with Crippen molar-refractivity contribution >= 4 is 23.2 Å². The Morgan fingerprint density at radius 2 is 1.80 bits per heavy atom. The highest BCUT2D eigenvalue weighted by Gasteiger charge is 2.35. The minimum atomic E-state index is -0.395. The molecule has 2 amide bonds. The van der Waals surface area contributed by atoms with Gasteiger partial charge in [0.05, 0.1) is 13.0 Å². The van der Waals surface area contributed by atoms with Gasteiger partial charge >= 0.3 is 0 Å². The van der Waals surface area contributed by atoms with Gasteiger partial charge in [-0.3, -0.25) is 9.59 Å². The zero-order valence-electron chi connectivity index (χ0n) is 16.9. The maximum absolute atomic E-state index is 13.0. The van der Waals surface area contributed by atoms with Crippen LogP contribution in [0.25, 0.3) is 0 Å². The van der Waals surface area contributed by atoms with Crippen LogP contribution in [0.3, 0.4) is 0 Å². The Labute approximate surface area is 176 Å². The van der Waals surface area contributed by atoms with Crippen LogP contribution in [-0.4, -0.2) is 25.5 Å². The van der Waals surface area contributed by atoms with E-state index in [-0.39, 0.29) is 18.2 Å². The third-order valence-corrected chi connectivity index (χ3v) is 5.37. The SMILES string of the molecule is COc1cccc(N2CC(C(=O)Nc3ccccc3Cc3ccccc3)CC2=O)c1. The standard InChI is InChI=1S/C25H24N2O3/c1-30-22-12-7-11-21(16-22)27-17-20(15-24(27)28)25(29)26-23-13-6-5-10-19(23)14-18-8-3-2-4-9-18/h2-13,16,20H,14-15,17H2,1H3,(H,26,29). The zero-order chi connectivity index (χ0) is 20.9. The molecule has 1 fully saturated rings. The highest BCUT2D eigenvalue weighted by molar-refractivity contribution is 6.03. The van der Waals surface area contributed by atoms with E-state index in [0.717, 1.165) is 23.4 Å². The summed E-state index contributed by atoms with van der Waals surface area (Å²) >= 11 is 0. The molecule has 30 heavy (non-hydrogen) atoms. The van der Waals surface area contributed by atoms with Crippen molar-refractivity contribution < 1.29 is 14.3 Å². The highest BCUT2D eigenvalue weighted by atomic mass is 16.5. The normalized spacial score (nSPS) is 15.8. The third kappa shape index (κ3) is 4.35. The molecule has 0 aromatic heterocycles. The second-order valence-electron chi connectivity index (χ2n) is 7.42. The first-order valence-corrected chi connectivity index (χ1v) is 10.0. The Balaban J connectivity index is 1.47. The molecule has 1 N–H and O–H groups in total. The van der Waals surface area contributed by atoms with E-state index >= 15 is 0 Å². The van der Waals surface area contributed by atoms with E-state index in [0.29, 0.717) is 12.3 Å². The van der Waals surface area contributed by atoms with Gasteiger partial charge in [0.2, 0.25) is 11.8 Å². The van der Waals surface area contributed by atoms with Crippen LogP contribution in [0.5, 0.6) is 5.75 Å². The van der Waals surface area contributed by atoms with E-state index in [4.69, 9.17) is 4.74 Å². The van der Waals surface area contributed by atoms with Crippen molar-refractivity contribution in [3.05, 3.63) is 90.0 Å². The predicted octanol–water partition coefficient (Wildman–Crippen LogP) is 4.28. The van der Waals surface area contributed by atoms with Crippen LogP contribution >= 0.6 is 0 Å². The van der Waals surface area contributed by atoms with Crippen LogP contribution in [0.15, 0.2) is 78.9 Å². The Kier molecular flexibility index (Phi) is 5.80. The fraction of sp³-hybridized carbons (Fsp3) is 0.200. The summed E-state index contributed by atoms with van der Waals surface area (Å²) in [5, 5.41) is 3.05. The van der Waals surface area contributed by atoms with Gasteiger partial charge in [0, 0.05) is 30.4 Å². The van der Waals surface area contributed by atoms with E-state index in [2.05, 4.69) is 17.4 Å². The fourth-order valence-corrected chi connectivity index (χ4v) is 3.76. The van der Waals surface area contributed by atoms with E-state index in [1.165, 1.54) is 5.56 Å². The van der Waals surface area contributed by atoms with Gasteiger partial charge in [-0.15, -0.1) is 0 Å². The molecular weight excluding hydrogens is 376 g/mol. The molecule has 0 spiro atoms. The Bertz CT molecular complexity index is 1050. The van der Waals surface area contributed by atoms with Gasteiger partial charge in [-0.1, -0.05) is 54.6 Å². The van der Waals surface area contributed by atoms with Gasteiger partial charge < -0.3 is 15.0 Å². The topological polar surface area (TPSA) is 58.6 Å². The number of nitrogens with one attached hydrogen (secondary N) is 1. The largest absolute Gasteiger partial charge is 0.497 e. The van der Waals surface area contributed by atoms with E-state index < -0.39 is 5.92 Å². The van der Waals surface area contributed by atoms with Gasteiger partial charge in [-0.2, -0.15) is 0 Å². The number of rotatable bonds is 6. The van der Waals surface area contributed by atoms with Crippen LogP contribution in [-0.2, 0) is 16.0 Å². The summed E-state index contributed by atoms with van der Waals surface area (Å²) in [5.41, 5.74) is 3.77. The molecule has 1 aliphatic rings. The van der Waals surface area contributed by atoms with Gasteiger partial charge in [0.25, 0.3) is 0 Å². The molecular formula is C25H24N2O3. The number of benzene rings is 3. The number of anilines is 2. The molecule has 0 radical (unpaired) electrons. The first kappa shape index (κ1) is 19.7. The van der Waals surface area contributed by atoms with Crippen molar-refractivity contribution in [1.29, 1.82) is 0 Å². The van der Waals surface area contributed by atoms with Crippen molar-refractivity contribution in [1.82, 2.24) is 0 Å². The van der Waals surface area contributed by atoms with Crippen LogP contribution in [0, 0.1) is 5.92 Å². The number of methoxy groups -OCH3 is 1. The van der Waals surface area contributed by atoms with E-state index in [1.54, 1.807) is 12.0 Å². The van der Waals surface area contributed by atoms with Crippen LogP contribution in [0.2, 0.25) is 0 Å². The number of hydrogen-bond acceptors (Lipinski definition) is 3. The lowest BCUT2D eigenvalue weighted by molar-refractivity contribution is -0.122. The highest BCUT2D eigenvalue weighted by Crippen LogP contribution is 2.29. The average molecular weight is 400 g/mol. The molecule has 3 aromatic rings. The smallest absolute Gasteiger partial charge is 0.229 e. The first-order chi connectivity index (χ1) is 14.6. The summed E-state index contributed by atoms with van der Waals surface area (Å²) in [6.07, 6.45) is 0.931. The van der Waals surface area contributed by atoms with Crippen LogP contribution < -0.4 is 15.0 Å². The number of carbonyl (C=O) groups is 2. The molecule has 1 saturated heterocycles. The summed E-state index contributed by atoms with van der Waals surface area (Å²) < 4.78 is 5.25. The van der Waals surface area contributed by atoms with Gasteiger partial charge in [0.1, 0.15) is 5.75 Å². The monoisotopic (exact) mass is 400 g/mol. The molecule has 3 aromatic carbocycles. The number of hydrogen-bond donors (Lipinski definition) is 1. The molecule has 0 aliphatic carbocycles. The minimum Gasteiger partial charge on any atom is -0.497 e. The summed E-state index contributed by atoms with van der Waals surface area (Å²) in [6, 6.07) is 25.3. The fourth-order valence-electron chi connectivity index (χ4n) is 3.76. The average Bonchev–Trinajstić information content (AvgIpc) is 3.18. The maximum Gasteiger partial charge on any atom is 0.229 e. The summed E-state index contributed by atoms with van der Waals surface area (Å²) in [6.45, 7) is 0.360. The summed E-state index contributed by atoms with van der Waals surface area (Å²) in [4.78, 5) is 27.2. The predicted molar refractivity (Wildman–Crippen MR) is 118 cm³/mol. The summed E-state index contributed by atoms with van der Waals surface area (Å²) in [5.74, 6) is 0.103. The zero-order valence-corrected chi connectivity index (χ0v) is 16.9. The van der Waals surface area contributed by atoms with Gasteiger partial charge in [0.15, 0.2) is 0 Å². The Morgan fingerprint density at radius 3 is 2.60 bits per heavy atom. The molecule has 1 unspecified atom stereocenters. The van der Waals surface area contributed by atoms with Crippen molar-refractivity contribution in [3.8, 4) is 5.75 Å². The van der Waals surface area contributed by atoms with Crippen molar-refractivity contribution in [2.24, 2.45) is 5.92 Å². The van der Waals surface area contributed by atoms with Crippen LogP contribution in [0.1, 0.15) is 17.5 Å². The molecule has 0 bridgehead atoms. The minimum absolute atomic E-state index is 0.0547. The number of nitrogens with zero attached hydrogens (tertiary/aromatic N) is 1. The third-order valence-electron chi connectivity index (χ3n) is 5.37. The maximum atomic E-state index is 13.0.